The zero-order valence-electron chi connectivity index (χ0n) is 12.1. The van der Waals surface area contributed by atoms with Crippen molar-refractivity contribution in [1.82, 2.24) is 10.3 Å². The molecule has 112 valence electrons. The lowest BCUT2D eigenvalue weighted by molar-refractivity contribution is 0.456. The Morgan fingerprint density at radius 3 is 2.81 bits per heavy atom. The van der Waals surface area contributed by atoms with Crippen molar-refractivity contribution in [3.63, 3.8) is 0 Å². The minimum atomic E-state index is -0.359. The third-order valence-electron chi connectivity index (χ3n) is 2.79. The van der Waals surface area contributed by atoms with E-state index in [9.17, 15) is 4.39 Å². The van der Waals surface area contributed by atoms with Crippen LogP contribution in [-0.2, 0) is 6.54 Å². The predicted molar refractivity (Wildman–Crippen MR) is 85.0 cm³/mol. The Balaban J connectivity index is 2.01. The summed E-state index contributed by atoms with van der Waals surface area (Å²) in [7, 11) is 0. The van der Waals surface area contributed by atoms with Gasteiger partial charge < -0.3 is 10.1 Å². The number of ether oxygens (including phenoxy) is 1. The lowest BCUT2D eigenvalue weighted by Gasteiger charge is -2.09. The Morgan fingerprint density at radius 1 is 1.29 bits per heavy atom. The number of hydrogen-bond acceptors (Lipinski definition) is 3. The van der Waals surface area contributed by atoms with Crippen LogP contribution in [0.15, 0.2) is 41.0 Å². The molecule has 3 nitrogen and oxygen atoms in total. The zero-order valence-corrected chi connectivity index (χ0v) is 13.7. The highest BCUT2D eigenvalue weighted by Gasteiger charge is 2.04. The van der Waals surface area contributed by atoms with Crippen molar-refractivity contribution in [2.45, 2.75) is 20.4 Å². The number of rotatable bonds is 6. The summed E-state index contributed by atoms with van der Waals surface area (Å²) in [5.74, 6) is 1.13. The van der Waals surface area contributed by atoms with E-state index in [-0.39, 0.29) is 5.82 Å². The minimum absolute atomic E-state index is 0.359. The molecule has 0 unspecified atom stereocenters. The van der Waals surface area contributed by atoms with Crippen LogP contribution < -0.4 is 10.1 Å². The summed E-state index contributed by atoms with van der Waals surface area (Å²) in [6.07, 6.45) is 1.69. The molecule has 0 radical (unpaired) electrons. The Bertz CT molecular complexity index is 605. The van der Waals surface area contributed by atoms with Gasteiger partial charge in [0, 0.05) is 24.9 Å². The van der Waals surface area contributed by atoms with Crippen molar-refractivity contribution in [3.8, 4) is 11.6 Å². The highest BCUT2D eigenvalue weighted by molar-refractivity contribution is 9.10. The molecular formula is C16H18BrFN2O. The Hall–Kier alpha value is -1.46. The third kappa shape index (κ3) is 5.10. The number of nitrogens with zero attached hydrogens (tertiary/aromatic N) is 1. The molecule has 0 amide bonds. The van der Waals surface area contributed by atoms with Gasteiger partial charge in [-0.3, -0.25) is 0 Å². The van der Waals surface area contributed by atoms with Crippen LogP contribution in [-0.4, -0.2) is 11.5 Å². The van der Waals surface area contributed by atoms with Crippen LogP contribution in [0.3, 0.4) is 0 Å². The minimum Gasteiger partial charge on any atom is -0.439 e. The topological polar surface area (TPSA) is 34.2 Å². The molecule has 2 aromatic rings. The van der Waals surface area contributed by atoms with Crippen LogP contribution in [0.25, 0.3) is 0 Å². The van der Waals surface area contributed by atoms with E-state index in [0.717, 1.165) is 18.7 Å². The van der Waals surface area contributed by atoms with Gasteiger partial charge in [-0.25, -0.2) is 9.37 Å². The molecular weight excluding hydrogens is 335 g/mol. The molecule has 0 bridgehead atoms. The van der Waals surface area contributed by atoms with E-state index in [2.05, 4.69) is 40.1 Å². The first kappa shape index (κ1) is 15.9. The fourth-order valence-electron chi connectivity index (χ4n) is 1.78. The lowest BCUT2D eigenvalue weighted by atomic mass is 10.2. The smallest absolute Gasteiger partial charge is 0.219 e. The first-order valence-corrected chi connectivity index (χ1v) is 7.62. The van der Waals surface area contributed by atoms with Crippen molar-refractivity contribution in [2.24, 2.45) is 5.92 Å². The number of hydrogen-bond donors (Lipinski definition) is 1. The predicted octanol–water partition coefficient (Wildman–Crippen LogP) is 4.52. The van der Waals surface area contributed by atoms with E-state index < -0.39 is 0 Å². The highest BCUT2D eigenvalue weighted by Crippen LogP contribution is 2.24. The maximum Gasteiger partial charge on any atom is 0.219 e. The highest BCUT2D eigenvalue weighted by atomic mass is 79.9. The monoisotopic (exact) mass is 352 g/mol. The number of pyridine rings is 1. The summed E-state index contributed by atoms with van der Waals surface area (Å²) >= 11 is 3.11. The quantitative estimate of drug-likeness (QED) is 0.829. The molecule has 0 fully saturated rings. The number of halogens is 2. The van der Waals surface area contributed by atoms with Crippen LogP contribution in [0.5, 0.6) is 11.6 Å². The van der Waals surface area contributed by atoms with Crippen LogP contribution in [0.2, 0.25) is 0 Å². The van der Waals surface area contributed by atoms with E-state index in [1.165, 1.54) is 6.07 Å². The summed E-state index contributed by atoms with van der Waals surface area (Å²) in [5, 5.41) is 3.36. The fraction of sp³-hybridized carbons (Fsp3) is 0.312. The van der Waals surface area contributed by atoms with Gasteiger partial charge in [0.25, 0.3) is 0 Å². The normalized spacial score (nSPS) is 10.9. The summed E-state index contributed by atoms with van der Waals surface area (Å²) < 4.78 is 19.4. The van der Waals surface area contributed by atoms with Gasteiger partial charge in [-0.05, 0) is 52.2 Å². The van der Waals surface area contributed by atoms with E-state index in [4.69, 9.17) is 4.74 Å². The summed E-state index contributed by atoms with van der Waals surface area (Å²) in [4.78, 5) is 4.15. The number of benzene rings is 1. The van der Waals surface area contributed by atoms with E-state index >= 15 is 0 Å². The second-order valence-corrected chi connectivity index (χ2v) is 6.06. The fourth-order valence-corrected chi connectivity index (χ4v) is 2.03. The molecule has 0 spiro atoms. The lowest BCUT2D eigenvalue weighted by Crippen LogP contribution is -2.18. The van der Waals surface area contributed by atoms with E-state index in [0.29, 0.717) is 22.0 Å². The van der Waals surface area contributed by atoms with Gasteiger partial charge in [0.1, 0.15) is 11.6 Å². The van der Waals surface area contributed by atoms with Crippen molar-refractivity contribution in [2.75, 3.05) is 6.54 Å². The molecule has 1 heterocycles. The molecule has 1 N–H and O–H groups in total. The molecule has 21 heavy (non-hydrogen) atoms. The largest absolute Gasteiger partial charge is 0.439 e. The van der Waals surface area contributed by atoms with Gasteiger partial charge in [-0.15, -0.1) is 0 Å². The molecule has 0 saturated heterocycles. The second-order valence-electron chi connectivity index (χ2n) is 5.21. The van der Waals surface area contributed by atoms with Crippen molar-refractivity contribution in [3.05, 3.63) is 52.4 Å². The molecule has 0 atom stereocenters. The second kappa shape index (κ2) is 7.52. The first-order valence-electron chi connectivity index (χ1n) is 6.83. The Morgan fingerprint density at radius 2 is 2.10 bits per heavy atom. The molecule has 1 aromatic carbocycles. The van der Waals surface area contributed by atoms with Crippen LogP contribution >= 0.6 is 15.9 Å². The van der Waals surface area contributed by atoms with Crippen LogP contribution in [0.1, 0.15) is 19.4 Å². The van der Waals surface area contributed by atoms with Crippen LogP contribution in [0, 0.1) is 11.7 Å². The van der Waals surface area contributed by atoms with Crippen molar-refractivity contribution < 1.29 is 9.13 Å². The average molecular weight is 353 g/mol. The zero-order chi connectivity index (χ0) is 15.2. The molecule has 0 aliphatic carbocycles. The maximum absolute atomic E-state index is 13.4. The Labute approximate surface area is 132 Å². The molecule has 0 saturated carbocycles. The number of aromatic nitrogens is 1. The molecule has 0 aliphatic heterocycles. The summed E-state index contributed by atoms with van der Waals surface area (Å²) in [6.45, 7) is 6.04. The first-order chi connectivity index (χ1) is 10.0. The maximum atomic E-state index is 13.4. The van der Waals surface area contributed by atoms with Gasteiger partial charge in [-0.2, -0.15) is 0 Å². The van der Waals surface area contributed by atoms with Crippen molar-refractivity contribution >= 4 is 15.9 Å². The molecule has 0 aliphatic rings. The van der Waals surface area contributed by atoms with E-state index in [1.807, 2.05) is 12.1 Å². The van der Waals surface area contributed by atoms with Gasteiger partial charge >= 0.3 is 0 Å². The SMILES string of the molecule is CC(C)CNCc1ccnc(Oc2ccc(Br)c(F)c2)c1. The molecule has 2 rings (SSSR count). The van der Waals surface area contributed by atoms with Gasteiger partial charge in [0.05, 0.1) is 4.47 Å². The standard InChI is InChI=1S/C16H18BrFN2O/c1-11(2)9-19-10-12-5-6-20-16(7-12)21-13-3-4-14(17)15(18)8-13/h3-8,11,19H,9-10H2,1-2H3. The Kier molecular flexibility index (Phi) is 5.70. The third-order valence-corrected chi connectivity index (χ3v) is 3.44. The van der Waals surface area contributed by atoms with E-state index in [1.54, 1.807) is 18.3 Å². The van der Waals surface area contributed by atoms with Crippen molar-refractivity contribution in [1.29, 1.82) is 0 Å². The summed E-state index contributed by atoms with van der Waals surface area (Å²) in [6, 6.07) is 8.42. The van der Waals surface area contributed by atoms with Gasteiger partial charge in [0.15, 0.2) is 0 Å². The molecule has 1 aromatic heterocycles. The number of nitrogens with one attached hydrogen (secondary N) is 1. The van der Waals surface area contributed by atoms with Gasteiger partial charge in [-0.1, -0.05) is 13.8 Å². The average Bonchev–Trinajstić information content (AvgIpc) is 2.43. The molecule has 5 heteroatoms. The van der Waals surface area contributed by atoms with Crippen LogP contribution in [0.4, 0.5) is 4.39 Å². The summed E-state index contributed by atoms with van der Waals surface area (Å²) in [5.41, 5.74) is 1.08. The van der Waals surface area contributed by atoms with Gasteiger partial charge in [0.2, 0.25) is 5.88 Å².